The Labute approximate surface area is 147 Å². The number of aryl methyl sites for hydroxylation is 1. The summed E-state index contributed by atoms with van der Waals surface area (Å²) in [6.07, 6.45) is -0.405. The number of nitrogens with zero attached hydrogens (tertiary/aromatic N) is 1. The van der Waals surface area contributed by atoms with Gasteiger partial charge in [-0.15, -0.1) is 0 Å². The number of benzene rings is 2. The first-order valence-electron chi connectivity index (χ1n) is 7.99. The smallest absolute Gasteiger partial charge is 0.253 e. The molecule has 1 fully saturated rings. The van der Waals surface area contributed by atoms with Gasteiger partial charge in [-0.1, -0.05) is 35.9 Å². The highest BCUT2D eigenvalue weighted by molar-refractivity contribution is 7.89. The highest BCUT2D eigenvalue weighted by Gasteiger charge is 2.28. The van der Waals surface area contributed by atoms with Gasteiger partial charge in [0.05, 0.1) is 17.5 Å². The van der Waals surface area contributed by atoms with Crippen LogP contribution < -0.4 is 9.62 Å². The van der Waals surface area contributed by atoms with Crippen molar-refractivity contribution in [3.63, 3.8) is 0 Å². The van der Waals surface area contributed by atoms with Crippen LogP contribution in [0, 0.1) is 6.92 Å². The number of sulfonamides is 1. The highest BCUT2D eigenvalue weighted by Crippen LogP contribution is 2.18. The lowest BCUT2D eigenvalue weighted by Gasteiger charge is -2.32. The molecule has 25 heavy (non-hydrogen) atoms. The van der Waals surface area contributed by atoms with E-state index in [0.717, 1.165) is 11.3 Å². The molecule has 2 aromatic carbocycles. The van der Waals surface area contributed by atoms with E-state index in [1.165, 1.54) is 0 Å². The predicted molar refractivity (Wildman–Crippen MR) is 94.9 cm³/mol. The van der Waals surface area contributed by atoms with Crippen LogP contribution in [0.3, 0.4) is 0 Å². The fourth-order valence-corrected chi connectivity index (χ4v) is 3.68. The Hall–Kier alpha value is -2.22. The lowest BCUT2D eigenvalue weighted by molar-refractivity contribution is -0.129. The van der Waals surface area contributed by atoms with E-state index in [2.05, 4.69) is 4.72 Å². The van der Waals surface area contributed by atoms with E-state index in [1.54, 1.807) is 29.2 Å². The van der Waals surface area contributed by atoms with Gasteiger partial charge >= 0.3 is 0 Å². The average Bonchev–Trinajstić information content (AvgIpc) is 2.62. The Morgan fingerprint density at radius 1 is 1.12 bits per heavy atom. The zero-order valence-electron chi connectivity index (χ0n) is 13.9. The van der Waals surface area contributed by atoms with E-state index < -0.39 is 16.1 Å². The van der Waals surface area contributed by atoms with Crippen LogP contribution in [-0.2, 0) is 19.6 Å². The largest absolute Gasteiger partial charge is 0.365 e. The molecule has 6 nitrogen and oxygen atoms in total. The number of rotatable bonds is 5. The minimum Gasteiger partial charge on any atom is -0.365 e. The zero-order valence-corrected chi connectivity index (χ0v) is 14.7. The van der Waals surface area contributed by atoms with E-state index in [1.807, 2.05) is 37.3 Å². The first-order valence-corrected chi connectivity index (χ1v) is 9.47. The van der Waals surface area contributed by atoms with Crippen LogP contribution in [0.15, 0.2) is 59.5 Å². The molecule has 1 saturated heterocycles. The molecule has 1 amide bonds. The second kappa shape index (κ2) is 7.35. The molecule has 1 atom stereocenters. The number of hydrogen-bond donors (Lipinski definition) is 1. The highest BCUT2D eigenvalue weighted by atomic mass is 32.2. The van der Waals surface area contributed by atoms with E-state index in [9.17, 15) is 13.2 Å². The van der Waals surface area contributed by atoms with Crippen LogP contribution >= 0.6 is 0 Å². The van der Waals surface area contributed by atoms with E-state index in [4.69, 9.17) is 4.74 Å². The maximum absolute atomic E-state index is 12.4. The van der Waals surface area contributed by atoms with Crippen molar-refractivity contribution in [2.75, 3.05) is 24.6 Å². The lowest BCUT2D eigenvalue weighted by atomic mass is 10.2. The van der Waals surface area contributed by atoms with Gasteiger partial charge in [0.2, 0.25) is 10.0 Å². The molecule has 0 aromatic heterocycles. The Morgan fingerprint density at radius 3 is 2.48 bits per heavy atom. The van der Waals surface area contributed by atoms with Crippen LogP contribution in [0.1, 0.15) is 5.56 Å². The van der Waals surface area contributed by atoms with Crippen molar-refractivity contribution in [3.8, 4) is 0 Å². The molecule has 1 heterocycles. The Morgan fingerprint density at radius 2 is 1.80 bits per heavy atom. The van der Waals surface area contributed by atoms with Gasteiger partial charge < -0.3 is 9.64 Å². The number of hydrogen-bond acceptors (Lipinski definition) is 4. The van der Waals surface area contributed by atoms with Crippen molar-refractivity contribution in [2.24, 2.45) is 0 Å². The molecular formula is C18H20N2O4S. The van der Waals surface area contributed by atoms with Crippen molar-refractivity contribution in [2.45, 2.75) is 17.9 Å². The normalized spacial score (nSPS) is 18.4. The monoisotopic (exact) mass is 360 g/mol. The first kappa shape index (κ1) is 17.6. The van der Waals surface area contributed by atoms with Gasteiger partial charge in [-0.2, -0.15) is 0 Å². The van der Waals surface area contributed by atoms with Crippen molar-refractivity contribution in [1.82, 2.24) is 4.72 Å². The third-order valence-electron chi connectivity index (χ3n) is 4.03. The molecule has 0 bridgehead atoms. The minimum absolute atomic E-state index is 0.0637. The number of nitrogens with one attached hydrogen (secondary N) is 1. The van der Waals surface area contributed by atoms with Crippen LogP contribution in [0.5, 0.6) is 0 Å². The minimum atomic E-state index is -3.61. The SMILES string of the molecule is Cc1ccc(S(=O)(=O)NCC2CN(c3ccccc3)C(=O)CO2)cc1. The molecular weight excluding hydrogens is 340 g/mol. The molecule has 7 heteroatoms. The van der Waals surface area contributed by atoms with Crippen LogP contribution in [-0.4, -0.2) is 40.1 Å². The molecule has 3 rings (SSSR count). The van der Waals surface area contributed by atoms with Crippen LogP contribution in [0.2, 0.25) is 0 Å². The lowest BCUT2D eigenvalue weighted by Crippen LogP contribution is -2.50. The average molecular weight is 360 g/mol. The fourth-order valence-electron chi connectivity index (χ4n) is 2.61. The van der Waals surface area contributed by atoms with E-state index in [0.29, 0.717) is 6.54 Å². The molecule has 1 unspecified atom stereocenters. The van der Waals surface area contributed by atoms with Crippen molar-refractivity contribution >= 4 is 21.6 Å². The third kappa shape index (κ3) is 4.25. The molecule has 0 aliphatic carbocycles. The van der Waals surface area contributed by atoms with Gasteiger partial charge in [0.15, 0.2) is 0 Å². The standard InChI is InChI=1S/C18H20N2O4S/c1-14-7-9-17(10-8-14)25(22,23)19-11-16-12-20(18(21)13-24-16)15-5-3-2-4-6-15/h2-10,16,19H,11-13H2,1H3. The molecule has 1 aliphatic heterocycles. The number of anilines is 1. The van der Waals surface area contributed by atoms with Crippen molar-refractivity contribution < 1.29 is 17.9 Å². The number of ether oxygens (including phenoxy) is 1. The summed E-state index contributed by atoms with van der Waals surface area (Å²) < 4.78 is 32.7. The van der Waals surface area contributed by atoms with Gasteiger partial charge in [0.1, 0.15) is 6.61 Å². The summed E-state index contributed by atoms with van der Waals surface area (Å²) in [4.78, 5) is 13.9. The quantitative estimate of drug-likeness (QED) is 0.881. The summed E-state index contributed by atoms with van der Waals surface area (Å²) in [5.74, 6) is -0.135. The molecule has 0 radical (unpaired) electrons. The third-order valence-corrected chi connectivity index (χ3v) is 5.47. The van der Waals surface area contributed by atoms with Crippen molar-refractivity contribution in [3.05, 3.63) is 60.2 Å². The fraction of sp³-hybridized carbons (Fsp3) is 0.278. The molecule has 1 aliphatic rings. The van der Waals surface area contributed by atoms with Gasteiger partial charge in [0.25, 0.3) is 5.91 Å². The Bertz CT molecular complexity index is 835. The van der Waals surface area contributed by atoms with Gasteiger partial charge in [-0.3, -0.25) is 4.79 Å². The molecule has 0 saturated carbocycles. The molecule has 0 spiro atoms. The summed E-state index contributed by atoms with van der Waals surface area (Å²) in [5.41, 5.74) is 1.77. The maximum Gasteiger partial charge on any atom is 0.253 e. The van der Waals surface area contributed by atoms with Crippen LogP contribution in [0.25, 0.3) is 0 Å². The summed E-state index contributed by atoms with van der Waals surface area (Å²) in [5, 5.41) is 0. The number of carbonyl (C=O) groups is 1. The number of para-hydroxylation sites is 1. The van der Waals surface area contributed by atoms with Gasteiger partial charge in [-0.25, -0.2) is 13.1 Å². The Balaban J connectivity index is 1.65. The van der Waals surface area contributed by atoms with Crippen molar-refractivity contribution in [1.29, 1.82) is 0 Å². The summed E-state index contributed by atoms with van der Waals surface area (Å²) in [7, 11) is -3.61. The summed E-state index contributed by atoms with van der Waals surface area (Å²) in [6, 6.07) is 15.9. The second-order valence-corrected chi connectivity index (χ2v) is 7.70. The molecule has 132 valence electrons. The first-order chi connectivity index (χ1) is 12.0. The predicted octanol–water partition coefficient (Wildman–Crippen LogP) is 1.71. The van der Waals surface area contributed by atoms with Crippen LogP contribution in [0.4, 0.5) is 5.69 Å². The summed E-state index contributed by atoms with van der Waals surface area (Å²) in [6.45, 7) is 2.24. The zero-order chi connectivity index (χ0) is 17.9. The number of carbonyl (C=O) groups excluding carboxylic acids is 1. The van der Waals surface area contributed by atoms with E-state index in [-0.39, 0.29) is 24.0 Å². The number of amides is 1. The maximum atomic E-state index is 12.4. The topological polar surface area (TPSA) is 75.7 Å². The van der Waals surface area contributed by atoms with Gasteiger partial charge in [-0.05, 0) is 31.2 Å². The summed E-state index contributed by atoms with van der Waals surface area (Å²) >= 11 is 0. The molecule has 2 aromatic rings. The number of morpholine rings is 1. The second-order valence-electron chi connectivity index (χ2n) is 5.94. The van der Waals surface area contributed by atoms with Gasteiger partial charge in [0, 0.05) is 12.2 Å². The Kier molecular flexibility index (Phi) is 5.17. The van der Waals surface area contributed by atoms with E-state index >= 15 is 0 Å². The molecule has 1 N–H and O–H groups in total.